The number of aromatic amines is 1. The van der Waals surface area contributed by atoms with E-state index < -0.39 is 5.69 Å². The van der Waals surface area contributed by atoms with E-state index in [2.05, 4.69) is 9.97 Å². The molecule has 1 N–H and O–H groups in total. The molecule has 1 aromatic carbocycles. The zero-order valence-electron chi connectivity index (χ0n) is 12.3. The fourth-order valence-corrected chi connectivity index (χ4v) is 2.04. The summed E-state index contributed by atoms with van der Waals surface area (Å²) in [5.74, 6) is 0.964. The molecular formula is C14H17ClN2O5. The molecule has 0 saturated carbocycles. The number of nitrogens with one attached hydrogen (secondary N) is 1. The largest absolute Gasteiger partial charge is 0.487 e. The maximum atomic E-state index is 11.4. The molecule has 0 unspecified atom stereocenters. The zero-order chi connectivity index (χ0) is 15.9. The first-order valence-electron chi connectivity index (χ1n) is 6.62. The lowest BCUT2D eigenvalue weighted by Crippen LogP contribution is -2.12. The number of hydrogen-bond acceptors (Lipinski definition) is 6. The summed E-state index contributed by atoms with van der Waals surface area (Å²) in [5.41, 5.74) is -0.0892. The third-order valence-corrected chi connectivity index (χ3v) is 3.13. The molecule has 0 aliphatic carbocycles. The molecule has 0 bridgehead atoms. The minimum atomic E-state index is -0.520. The Hall–Kier alpha value is -1.83. The van der Waals surface area contributed by atoms with Crippen LogP contribution in [-0.4, -0.2) is 50.6 Å². The average Bonchev–Trinajstić information content (AvgIpc) is 2.48. The van der Waals surface area contributed by atoms with Gasteiger partial charge in [-0.05, 0) is 6.07 Å². The van der Waals surface area contributed by atoms with Gasteiger partial charge in [0.1, 0.15) is 18.4 Å². The Morgan fingerprint density at radius 1 is 1.05 bits per heavy atom. The van der Waals surface area contributed by atoms with E-state index in [1.54, 1.807) is 26.4 Å². The Kier molecular flexibility index (Phi) is 6.00. The Morgan fingerprint density at radius 2 is 1.64 bits per heavy atom. The van der Waals surface area contributed by atoms with Gasteiger partial charge in [0.25, 0.3) is 0 Å². The van der Waals surface area contributed by atoms with E-state index in [1.165, 1.54) is 0 Å². The average molecular weight is 329 g/mol. The predicted octanol–water partition coefficient (Wildman–Crippen LogP) is 1.63. The Labute approximate surface area is 132 Å². The molecule has 2 aromatic rings. The highest BCUT2D eigenvalue weighted by atomic mass is 35.5. The van der Waals surface area contributed by atoms with Gasteiger partial charge in [0.2, 0.25) is 0 Å². The van der Waals surface area contributed by atoms with Crippen molar-refractivity contribution in [2.24, 2.45) is 0 Å². The van der Waals surface area contributed by atoms with Gasteiger partial charge in [0.15, 0.2) is 11.5 Å². The van der Waals surface area contributed by atoms with E-state index in [1.807, 2.05) is 0 Å². The quantitative estimate of drug-likeness (QED) is 0.586. The number of methoxy groups -OCH3 is 2. The summed E-state index contributed by atoms with van der Waals surface area (Å²) in [4.78, 5) is 17.7. The molecule has 0 fully saturated rings. The van der Waals surface area contributed by atoms with Gasteiger partial charge in [-0.1, -0.05) is 11.6 Å². The summed E-state index contributed by atoms with van der Waals surface area (Å²) in [5, 5.41) is 0.780. The highest BCUT2D eigenvalue weighted by Gasteiger charge is 2.12. The van der Waals surface area contributed by atoms with Gasteiger partial charge in [-0.25, -0.2) is 4.79 Å². The molecule has 0 aliphatic rings. The van der Waals surface area contributed by atoms with Gasteiger partial charge < -0.3 is 18.9 Å². The molecule has 7 nitrogen and oxygen atoms in total. The fraction of sp³-hybridized carbons (Fsp3) is 0.429. The SMILES string of the molecule is COCCOc1cc2nc(=O)[nH]c(Cl)c2cc1OCCOC. The highest BCUT2D eigenvalue weighted by molar-refractivity contribution is 6.34. The lowest BCUT2D eigenvalue weighted by atomic mass is 10.2. The van der Waals surface area contributed by atoms with Crippen molar-refractivity contribution in [3.05, 3.63) is 27.8 Å². The number of H-pyrrole nitrogens is 1. The van der Waals surface area contributed by atoms with E-state index in [0.717, 1.165) is 0 Å². The van der Waals surface area contributed by atoms with Crippen LogP contribution in [-0.2, 0) is 9.47 Å². The van der Waals surface area contributed by atoms with E-state index in [4.69, 9.17) is 30.5 Å². The second-order valence-electron chi connectivity index (χ2n) is 4.35. The monoisotopic (exact) mass is 328 g/mol. The predicted molar refractivity (Wildman–Crippen MR) is 82.1 cm³/mol. The normalized spacial score (nSPS) is 10.9. The van der Waals surface area contributed by atoms with Gasteiger partial charge in [-0.2, -0.15) is 4.98 Å². The topological polar surface area (TPSA) is 82.7 Å². The van der Waals surface area contributed by atoms with Crippen LogP contribution >= 0.6 is 11.6 Å². The summed E-state index contributed by atoms with van der Waals surface area (Å²) in [6, 6.07) is 3.30. The summed E-state index contributed by atoms with van der Waals surface area (Å²) < 4.78 is 21.1. The van der Waals surface area contributed by atoms with Crippen LogP contribution in [0.5, 0.6) is 11.5 Å². The molecule has 0 amide bonds. The van der Waals surface area contributed by atoms with Crippen molar-refractivity contribution >= 4 is 22.5 Å². The number of fused-ring (bicyclic) bond motifs is 1. The molecule has 0 spiro atoms. The van der Waals surface area contributed by atoms with Crippen molar-refractivity contribution in [3.8, 4) is 11.5 Å². The van der Waals surface area contributed by atoms with Gasteiger partial charge >= 0.3 is 5.69 Å². The summed E-state index contributed by atoms with van der Waals surface area (Å²) in [6.45, 7) is 1.57. The van der Waals surface area contributed by atoms with E-state index >= 15 is 0 Å². The summed E-state index contributed by atoms with van der Waals surface area (Å²) >= 11 is 6.04. The molecule has 0 aliphatic heterocycles. The molecule has 1 aromatic heterocycles. The van der Waals surface area contributed by atoms with Crippen molar-refractivity contribution in [1.82, 2.24) is 9.97 Å². The van der Waals surface area contributed by atoms with Crippen LogP contribution in [0.1, 0.15) is 0 Å². The first kappa shape index (κ1) is 16.5. The van der Waals surface area contributed by atoms with E-state index in [0.29, 0.717) is 48.8 Å². The van der Waals surface area contributed by atoms with Crippen LogP contribution in [0.15, 0.2) is 16.9 Å². The van der Waals surface area contributed by atoms with Crippen LogP contribution < -0.4 is 15.2 Å². The minimum absolute atomic E-state index is 0.204. The number of halogens is 1. The van der Waals surface area contributed by atoms with Crippen molar-refractivity contribution in [2.45, 2.75) is 0 Å². The fourth-order valence-electron chi connectivity index (χ4n) is 1.81. The Bertz CT molecular complexity index is 689. The molecule has 0 radical (unpaired) electrons. The highest BCUT2D eigenvalue weighted by Crippen LogP contribution is 2.33. The summed E-state index contributed by atoms with van der Waals surface area (Å²) in [7, 11) is 3.17. The lowest BCUT2D eigenvalue weighted by molar-refractivity contribution is 0.132. The standard InChI is InChI=1S/C14H17ClN2O5/c1-19-3-5-21-11-7-9-10(16-14(18)17-13(9)15)8-12(11)22-6-4-20-2/h7-8H,3-6H2,1-2H3,(H,16,17,18). The van der Waals surface area contributed by atoms with Gasteiger partial charge in [0, 0.05) is 25.7 Å². The van der Waals surface area contributed by atoms with Crippen molar-refractivity contribution in [2.75, 3.05) is 40.6 Å². The van der Waals surface area contributed by atoms with Gasteiger partial charge in [0.05, 0.1) is 18.7 Å². The van der Waals surface area contributed by atoms with Crippen molar-refractivity contribution in [1.29, 1.82) is 0 Å². The minimum Gasteiger partial charge on any atom is -0.487 e. The van der Waals surface area contributed by atoms with Crippen LogP contribution in [0.25, 0.3) is 10.9 Å². The molecule has 0 saturated heterocycles. The molecule has 0 atom stereocenters. The first-order chi connectivity index (χ1) is 10.7. The molecular weight excluding hydrogens is 312 g/mol. The van der Waals surface area contributed by atoms with Gasteiger partial charge in [-0.3, -0.25) is 4.98 Å². The van der Waals surface area contributed by atoms with Crippen molar-refractivity contribution < 1.29 is 18.9 Å². The number of hydrogen-bond donors (Lipinski definition) is 1. The molecule has 2 rings (SSSR count). The van der Waals surface area contributed by atoms with Crippen LogP contribution in [0.3, 0.4) is 0 Å². The van der Waals surface area contributed by atoms with Gasteiger partial charge in [-0.15, -0.1) is 0 Å². The molecule has 1 heterocycles. The third kappa shape index (κ3) is 4.09. The van der Waals surface area contributed by atoms with E-state index in [-0.39, 0.29) is 5.15 Å². The maximum absolute atomic E-state index is 11.4. The van der Waals surface area contributed by atoms with Crippen LogP contribution in [0.4, 0.5) is 0 Å². The lowest BCUT2D eigenvalue weighted by Gasteiger charge is -2.13. The Morgan fingerprint density at radius 3 is 2.23 bits per heavy atom. The third-order valence-electron chi connectivity index (χ3n) is 2.83. The zero-order valence-corrected chi connectivity index (χ0v) is 13.1. The molecule has 120 valence electrons. The number of rotatable bonds is 8. The van der Waals surface area contributed by atoms with Crippen LogP contribution in [0, 0.1) is 0 Å². The maximum Gasteiger partial charge on any atom is 0.346 e. The smallest absolute Gasteiger partial charge is 0.346 e. The first-order valence-corrected chi connectivity index (χ1v) is 7.00. The molecule has 8 heteroatoms. The molecule has 22 heavy (non-hydrogen) atoms. The number of benzene rings is 1. The number of aromatic nitrogens is 2. The van der Waals surface area contributed by atoms with Crippen molar-refractivity contribution in [3.63, 3.8) is 0 Å². The second-order valence-corrected chi connectivity index (χ2v) is 4.73. The van der Waals surface area contributed by atoms with E-state index in [9.17, 15) is 4.79 Å². The number of ether oxygens (including phenoxy) is 4. The Balaban J connectivity index is 2.37. The second kappa shape index (κ2) is 7.98. The summed E-state index contributed by atoms with van der Waals surface area (Å²) in [6.07, 6.45) is 0. The van der Waals surface area contributed by atoms with Crippen LogP contribution in [0.2, 0.25) is 5.15 Å². The number of nitrogens with zero attached hydrogens (tertiary/aromatic N) is 1.